The highest BCUT2D eigenvalue weighted by Gasteiger charge is 2.11. The van der Waals surface area contributed by atoms with Gasteiger partial charge in [-0.05, 0) is 47.8 Å². The lowest BCUT2D eigenvalue weighted by molar-refractivity contribution is 0.0849. The zero-order valence-electron chi connectivity index (χ0n) is 15.3. The minimum atomic E-state index is -0.417. The molecule has 0 bridgehead atoms. The number of hydrogen-bond donors (Lipinski definition) is 2. The molecular formula is C23H20N2O2S. The summed E-state index contributed by atoms with van der Waals surface area (Å²) in [6, 6.07) is 19.8. The van der Waals surface area contributed by atoms with Crippen molar-refractivity contribution in [1.29, 1.82) is 0 Å². The van der Waals surface area contributed by atoms with Gasteiger partial charge in [-0.2, -0.15) is 0 Å². The Morgan fingerprint density at radius 2 is 1.54 bits per heavy atom. The lowest BCUT2D eigenvalue weighted by Crippen LogP contribution is -2.30. The topological polar surface area (TPSA) is 58.2 Å². The molecule has 3 aromatic rings. The summed E-state index contributed by atoms with van der Waals surface area (Å²) in [6.07, 6.45) is 1.54. The average Bonchev–Trinajstić information content (AvgIpc) is 3.25. The lowest BCUT2D eigenvalue weighted by Gasteiger charge is -2.07. The van der Waals surface area contributed by atoms with Crippen molar-refractivity contribution in [1.82, 2.24) is 5.32 Å². The molecule has 0 aliphatic heterocycles. The highest BCUT2D eigenvalue weighted by atomic mass is 32.1. The molecule has 0 unspecified atom stereocenters. The molecule has 28 heavy (non-hydrogen) atoms. The van der Waals surface area contributed by atoms with Crippen molar-refractivity contribution >= 4 is 28.8 Å². The quantitative estimate of drug-likeness (QED) is 0.375. The molecule has 0 fully saturated rings. The monoisotopic (exact) mass is 388 g/mol. The molecule has 0 aliphatic carbocycles. The van der Waals surface area contributed by atoms with Crippen LogP contribution in [0.25, 0.3) is 0 Å². The SMILES string of the molecule is O=C(NC(=O)c1ccc(NCCC#CCc2cccs2)cc1)c1ccccc1. The molecule has 5 heteroatoms. The summed E-state index contributed by atoms with van der Waals surface area (Å²) in [5, 5.41) is 7.72. The molecule has 0 saturated carbocycles. The van der Waals surface area contributed by atoms with Crippen LogP contribution in [0.3, 0.4) is 0 Å². The van der Waals surface area contributed by atoms with Gasteiger partial charge in [0.25, 0.3) is 11.8 Å². The Morgan fingerprint density at radius 3 is 2.21 bits per heavy atom. The number of benzene rings is 2. The first-order valence-electron chi connectivity index (χ1n) is 8.95. The molecule has 0 atom stereocenters. The van der Waals surface area contributed by atoms with E-state index in [0.29, 0.717) is 11.1 Å². The number of rotatable bonds is 6. The van der Waals surface area contributed by atoms with Crippen LogP contribution >= 0.6 is 11.3 Å². The number of carbonyl (C=O) groups is 2. The summed E-state index contributed by atoms with van der Waals surface area (Å²) >= 11 is 1.72. The summed E-state index contributed by atoms with van der Waals surface area (Å²) in [4.78, 5) is 25.5. The number of thiophene rings is 1. The maximum Gasteiger partial charge on any atom is 0.258 e. The summed E-state index contributed by atoms with van der Waals surface area (Å²) in [5.74, 6) is 5.49. The molecule has 0 spiro atoms. The Labute approximate surface area is 168 Å². The van der Waals surface area contributed by atoms with Crippen molar-refractivity contribution in [2.24, 2.45) is 0 Å². The van der Waals surface area contributed by atoms with E-state index >= 15 is 0 Å². The summed E-state index contributed by atoms with van der Waals surface area (Å²) in [5.41, 5.74) is 1.80. The van der Waals surface area contributed by atoms with Crippen LogP contribution in [0.4, 0.5) is 5.69 Å². The molecular weight excluding hydrogens is 368 g/mol. The third-order valence-corrected chi connectivity index (χ3v) is 4.83. The molecule has 0 radical (unpaired) electrons. The second-order valence-corrected chi connectivity index (χ2v) is 7.05. The van der Waals surface area contributed by atoms with Crippen molar-refractivity contribution < 1.29 is 9.59 Å². The fraction of sp³-hybridized carbons (Fsp3) is 0.130. The molecule has 2 N–H and O–H groups in total. The lowest BCUT2D eigenvalue weighted by atomic mass is 10.1. The number of imide groups is 1. The first kappa shape index (κ1) is 19.4. The van der Waals surface area contributed by atoms with Crippen molar-refractivity contribution in [3.63, 3.8) is 0 Å². The van der Waals surface area contributed by atoms with Gasteiger partial charge in [-0.3, -0.25) is 14.9 Å². The standard InChI is InChI=1S/C23H20N2O2S/c26-22(18-8-3-1-4-9-18)25-23(27)19-12-14-20(15-13-19)24-16-6-2-5-10-21-11-7-17-28-21/h1,3-4,7-9,11-15,17,24H,6,10,16H2,(H,25,26,27). The van der Waals surface area contributed by atoms with Crippen LogP contribution in [0.5, 0.6) is 0 Å². The van der Waals surface area contributed by atoms with Crippen LogP contribution in [-0.2, 0) is 6.42 Å². The Kier molecular flexibility index (Phi) is 7.00. The molecule has 2 amide bonds. The van der Waals surface area contributed by atoms with E-state index < -0.39 is 11.8 Å². The number of hydrogen-bond acceptors (Lipinski definition) is 4. The number of carbonyl (C=O) groups excluding carboxylic acids is 2. The maximum atomic E-state index is 12.2. The number of amides is 2. The number of nitrogens with one attached hydrogen (secondary N) is 2. The van der Waals surface area contributed by atoms with Crippen molar-refractivity contribution in [3.8, 4) is 11.8 Å². The molecule has 1 aromatic heterocycles. The van der Waals surface area contributed by atoms with Crippen molar-refractivity contribution in [2.75, 3.05) is 11.9 Å². The fourth-order valence-corrected chi connectivity index (χ4v) is 3.14. The molecule has 4 nitrogen and oxygen atoms in total. The molecule has 0 saturated heterocycles. The molecule has 1 heterocycles. The van der Waals surface area contributed by atoms with E-state index in [0.717, 1.165) is 25.1 Å². The van der Waals surface area contributed by atoms with E-state index in [9.17, 15) is 9.59 Å². The van der Waals surface area contributed by atoms with E-state index in [-0.39, 0.29) is 0 Å². The van der Waals surface area contributed by atoms with Crippen LogP contribution in [0, 0.1) is 11.8 Å². The Morgan fingerprint density at radius 1 is 0.821 bits per heavy atom. The Bertz CT molecular complexity index is 969. The molecule has 2 aromatic carbocycles. The van der Waals surface area contributed by atoms with Gasteiger partial charge in [0.05, 0.1) is 0 Å². The van der Waals surface area contributed by atoms with E-state index in [1.54, 1.807) is 47.7 Å². The van der Waals surface area contributed by atoms with Gasteiger partial charge in [-0.1, -0.05) is 30.2 Å². The minimum absolute atomic E-state index is 0.408. The van der Waals surface area contributed by atoms with Crippen LogP contribution in [-0.4, -0.2) is 18.4 Å². The zero-order valence-corrected chi connectivity index (χ0v) is 16.1. The first-order valence-corrected chi connectivity index (χ1v) is 9.83. The first-order chi connectivity index (χ1) is 13.7. The van der Waals surface area contributed by atoms with Crippen LogP contribution < -0.4 is 10.6 Å². The molecule has 140 valence electrons. The minimum Gasteiger partial charge on any atom is -0.384 e. The Balaban J connectivity index is 1.43. The number of anilines is 1. The van der Waals surface area contributed by atoms with Crippen molar-refractivity contribution in [2.45, 2.75) is 12.8 Å². The summed E-state index contributed by atoms with van der Waals surface area (Å²) in [7, 11) is 0. The summed E-state index contributed by atoms with van der Waals surface area (Å²) < 4.78 is 0. The van der Waals surface area contributed by atoms with Crippen LogP contribution in [0.2, 0.25) is 0 Å². The van der Waals surface area contributed by atoms with Crippen LogP contribution in [0.1, 0.15) is 32.0 Å². The van der Waals surface area contributed by atoms with Gasteiger partial charge in [0.15, 0.2) is 0 Å². The highest BCUT2D eigenvalue weighted by molar-refractivity contribution is 7.09. The highest BCUT2D eigenvalue weighted by Crippen LogP contribution is 2.10. The van der Waals surface area contributed by atoms with Crippen LogP contribution in [0.15, 0.2) is 72.1 Å². The van der Waals surface area contributed by atoms with Gasteiger partial charge < -0.3 is 5.32 Å². The molecule has 3 rings (SSSR count). The maximum absolute atomic E-state index is 12.2. The average molecular weight is 388 g/mol. The van der Waals surface area contributed by atoms with Crippen molar-refractivity contribution in [3.05, 3.63) is 88.1 Å². The van der Waals surface area contributed by atoms with Gasteiger partial charge in [0, 0.05) is 41.1 Å². The normalized spacial score (nSPS) is 9.86. The van der Waals surface area contributed by atoms with E-state index in [1.807, 2.05) is 24.3 Å². The third-order valence-electron chi connectivity index (χ3n) is 3.96. The summed E-state index contributed by atoms with van der Waals surface area (Å²) in [6.45, 7) is 0.732. The third kappa shape index (κ3) is 5.83. The van der Waals surface area contributed by atoms with Gasteiger partial charge in [0.2, 0.25) is 0 Å². The van der Waals surface area contributed by atoms with E-state index in [2.05, 4.69) is 33.9 Å². The van der Waals surface area contributed by atoms with E-state index in [1.165, 1.54) is 4.88 Å². The predicted octanol–water partition coefficient (Wildman–Crippen LogP) is 4.37. The van der Waals surface area contributed by atoms with E-state index in [4.69, 9.17) is 0 Å². The Hall–Kier alpha value is -3.36. The fourth-order valence-electron chi connectivity index (χ4n) is 2.50. The predicted molar refractivity (Wildman–Crippen MR) is 114 cm³/mol. The smallest absolute Gasteiger partial charge is 0.258 e. The molecule has 0 aliphatic rings. The largest absolute Gasteiger partial charge is 0.384 e. The second kappa shape index (κ2) is 10.1. The van der Waals surface area contributed by atoms with Gasteiger partial charge in [0.1, 0.15) is 0 Å². The van der Waals surface area contributed by atoms with Gasteiger partial charge >= 0.3 is 0 Å². The van der Waals surface area contributed by atoms with Gasteiger partial charge in [-0.25, -0.2) is 0 Å². The second-order valence-electron chi connectivity index (χ2n) is 6.01. The van der Waals surface area contributed by atoms with Gasteiger partial charge in [-0.15, -0.1) is 17.3 Å². The zero-order chi connectivity index (χ0) is 19.6.